The van der Waals surface area contributed by atoms with Crippen LogP contribution in [-0.2, 0) is 0 Å². The average Bonchev–Trinajstić information content (AvgIpc) is 2.83. The van der Waals surface area contributed by atoms with Crippen molar-refractivity contribution in [1.29, 1.82) is 0 Å². The molecule has 0 aliphatic carbocycles. The van der Waals surface area contributed by atoms with Gasteiger partial charge in [0, 0.05) is 0 Å². The first-order valence-corrected chi connectivity index (χ1v) is 8.60. The highest BCUT2D eigenvalue weighted by Gasteiger charge is 2.19. The second-order valence-electron chi connectivity index (χ2n) is 6.07. The molecule has 0 saturated carbocycles. The Balaban J connectivity index is 2.48. The normalized spacial score (nSPS) is 13.2. The summed E-state index contributed by atoms with van der Waals surface area (Å²) in [7, 11) is 0. The van der Waals surface area contributed by atoms with Gasteiger partial charge in [-0.15, -0.1) is 11.6 Å². The maximum absolute atomic E-state index is 6.77. The molecule has 1 aromatic heterocycles. The summed E-state index contributed by atoms with van der Waals surface area (Å²) in [5, 5.41) is 4.30. The molecule has 0 nitrogen and oxygen atoms in total. The number of rotatable bonds is 4. The molecule has 0 N–H and O–H groups in total. The summed E-state index contributed by atoms with van der Waals surface area (Å²) in [5.74, 6) is 1.04. The Bertz CT molecular complexity index is 581. The molecular formula is C18H23ClS. The number of thiophene rings is 1. The number of hydrogen-bond donors (Lipinski definition) is 0. The van der Waals surface area contributed by atoms with Gasteiger partial charge in [-0.25, -0.2) is 0 Å². The third-order valence-corrected chi connectivity index (χ3v) is 5.19. The van der Waals surface area contributed by atoms with Gasteiger partial charge in [0.15, 0.2) is 0 Å². The Labute approximate surface area is 131 Å². The highest BCUT2D eigenvalue weighted by Crippen LogP contribution is 2.38. The van der Waals surface area contributed by atoms with Gasteiger partial charge in [0.05, 0.1) is 5.38 Å². The van der Waals surface area contributed by atoms with E-state index in [2.05, 4.69) is 63.6 Å². The minimum atomic E-state index is -0.0418. The Morgan fingerprint density at radius 3 is 2.10 bits per heavy atom. The Morgan fingerprint density at radius 1 is 0.900 bits per heavy atom. The minimum Gasteiger partial charge on any atom is -0.152 e. The maximum Gasteiger partial charge on any atom is 0.0848 e. The van der Waals surface area contributed by atoms with Gasteiger partial charge in [0.25, 0.3) is 0 Å². The molecule has 2 aromatic rings. The standard InChI is InChI=1S/C18H23ClS/c1-11(2)14-6-7-15(16(8-14)12(3)4)18(19)17-10-20-9-13(17)5/h6-12,18H,1-5H3. The van der Waals surface area contributed by atoms with E-state index in [1.807, 2.05) is 0 Å². The highest BCUT2D eigenvalue weighted by atomic mass is 35.5. The van der Waals surface area contributed by atoms with E-state index in [1.54, 1.807) is 11.3 Å². The fraction of sp³-hybridized carbons (Fsp3) is 0.444. The van der Waals surface area contributed by atoms with Crippen molar-refractivity contribution in [3.05, 3.63) is 56.8 Å². The summed E-state index contributed by atoms with van der Waals surface area (Å²) in [6.07, 6.45) is 0. The molecule has 108 valence electrons. The molecule has 0 amide bonds. The van der Waals surface area contributed by atoms with Crippen LogP contribution >= 0.6 is 22.9 Å². The van der Waals surface area contributed by atoms with Crippen LogP contribution in [0, 0.1) is 6.92 Å². The van der Waals surface area contributed by atoms with Crippen LogP contribution in [-0.4, -0.2) is 0 Å². The van der Waals surface area contributed by atoms with Gasteiger partial charge in [-0.1, -0.05) is 45.9 Å². The lowest BCUT2D eigenvalue weighted by Gasteiger charge is -2.20. The summed E-state index contributed by atoms with van der Waals surface area (Å²) in [6.45, 7) is 11.1. The molecule has 0 saturated heterocycles. The topological polar surface area (TPSA) is 0 Å². The fourth-order valence-corrected chi connectivity index (χ4v) is 3.87. The van der Waals surface area contributed by atoms with E-state index >= 15 is 0 Å². The van der Waals surface area contributed by atoms with Crippen molar-refractivity contribution in [1.82, 2.24) is 0 Å². The molecule has 0 bridgehead atoms. The summed E-state index contributed by atoms with van der Waals surface area (Å²) < 4.78 is 0. The minimum absolute atomic E-state index is 0.0418. The molecule has 0 aliphatic heterocycles. The number of alkyl halides is 1. The van der Waals surface area contributed by atoms with Crippen molar-refractivity contribution < 1.29 is 0 Å². The van der Waals surface area contributed by atoms with Crippen molar-refractivity contribution in [2.45, 2.75) is 51.8 Å². The highest BCUT2D eigenvalue weighted by molar-refractivity contribution is 7.08. The third kappa shape index (κ3) is 3.10. The van der Waals surface area contributed by atoms with Gasteiger partial charge in [-0.05, 0) is 57.3 Å². The molecule has 0 radical (unpaired) electrons. The molecule has 2 heteroatoms. The van der Waals surface area contributed by atoms with Crippen molar-refractivity contribution in [2.75, 3.05) is 0 Å². The number of hydrogen-bond acceptors (Lipinski definition) is 1. The zero-order valence-electron chi connectivity index (χ0n) is 12.9. The quantitative estimate of drug-likeness (QED) is 0.556. The summed E-state index contributed by atoms with van der Waals surface area (Å²) in [5.41, 5.74) is 6.56. The van der Waals surface area contributed by atoms with E-state index < -0.39 is 0 Å². The Hall–Kier alpha value is -0.790. The maximum atomic E-state index is 6.77. The average molecular weight is 307 g/mol. The van der Waals surface area contributed by atoms with Crippen LogP contribution < -0.4 is 0 Å². The molecule has 1 atom stereocenters. The second-order valence-corrected chi connectivity index (χ2v) is 7.25. The summed E-state index contributed by atoms with van der Waals surface area (Å²) in [4.78, 5) is 0. The van der Waals surface area contributed by atoms with E-state index in [1.165, 1.54) is 27.8 Å². The van der Waals surface area contributed by atoms with Gasteiger partial charge in [-0.2, -0.15) is 11.3 Å². The lowest BCUT2D eigenvalue weighted by molar-refractivity contribution is 0.818. The zero-order valence-corrected chi connectivity index (χ0v) is 14.5. The predicted octanol–water partition coefficient (Wildman–Crippen LogP) is 6.63. The predicted molar refractivity (Wildman–Crippen MR) is 91.4 cm³/mol. The lowest BCUT2D eigenvalue weighted by Crippen LogP contribution is -2.03. The number of halogens is 1. The van der Waals surface area contributed by atoms with Gasteiger partial charge < -0.3 is 0 Å². The number of aryl methyl sites for hydroxylation is 1. The lowest BCUT2D eigenvalue weighted by atomic mass is 9.88. The third-order valence-electron chi connectivity index (χ3n) is 3.84. The molecular weight excluding hydrogens is 284 g/mol. The first-order valence-electron chi connectivity index (χ1n) is 7.22. The van der Waals surface area contributed by atoms with E-state index in [0.717, 1.165) is 0 Å². The van der Waals surface area contributed by atoms with E-state index in [4.69, 9.17) is 11.6 Å². The SMILES string of the molecule is Cc1cscc1C(Cl)c1ccc(C(C)C)cc1C(C)C. The van der Waals surface area contributed by atoms with Crippen LogP contribution in [0.3, 0.4) is 0 Å². The molecule has 1 aromatic carbocycles. The number of benzene rings is 1. The van der Waals surface area contributed by atoms with E-state index in [0.29, 0.717) is 11.8 Å². The zero-order chi connectivity index (χ0) is 14.9. The van der Waals surface area contributed by atoms with Crippen LogP contribution in [0.15, 0.2) is 29.0 Å². The van der Waals surface area contributed by atoms with Crippen molar-refractivity contribution in [2.24, 2.45) is 0 Å². The summed E-state index contributed by atoms with van der Waals surface area (Å²) >= 11 is 8.49. The van der Waals surface area contributed by atoms with Crippen LogP contribution in [0.1, 0.15) is 72.7 Å². The fourth-order valence-electron chi connectivity index (χ4n) is 2.48. The van der Waals surface area contributed by atoms with Crippen LogP contribution in [0.5, 0.6) is 0 Å². The van der Waals surface area contributed by atoms with Gasteiger partial charge in [0.2, 0.25) is 0 Å². The Kier molecular flexibility index (Phi) is 4.93. The van der Waals surface area contributed by atoms with Gasteiger partial charge in [0.1, 0.15) is 0 Å². The van der Waals surface area contributed by atoms with Gasteiger partial charge >= 0.3 is 0 Å². The monoisotopic (exact) mass is 306 g/mol. The van der Waals surface area contributed by atoms with Crippen molar-refractivity contribution in [3.8, 4) is 0 Å². The second kappa shape index (κ2) is 6.32. The molecule has 0 spiro atoms. The van der Waals surface area contributed by atoms with Gasteiger partial charge in [-0.3, -0.25) is 0 Å². The van der Waals surface area contributed by atoms with Crippen molar-refractivity contribution >= 4 is 22.9 Å². The molecule has 20 heavy (non-hydrogen) atoms. The molecule has 1 heterocycles. The van der Waals surface area contributed by atoms with E-state index in [-0.39, 0.29) is 5.38 Å². The van der Waals surface area contributed by atoms with Crippen LogP contribution in [0.25, 0.3) is 0 Å². The Morgan fingerprint density at radius 2 is 1.60 bits per heavy atom. The molecule has 0 aliphatic rings. The largest absolute Gasteiger partial charge is 0.152 e. The smallest absolute Gasteiger partial charge is 0.0848 e. The molecule has 1 unspecified atom stereocenters. The summed E-state index contributed by atoms with van der Waals surface area (Å²) in [6, 6.07) is 6.78. The van der Waals surface area contributed by atoms with Crippen LogP contribution in [0.4, 0.5) is 0 Å². The van der Waals surface area contributed by atoms with Crippen LogP contribution in [0.2, 0.25) is 0 Å². The van der Waals surface area contributed by atoms with Crippen molar-refractivity contribution in [3.63, 3.8) is 0 Å². The molecule has 0 fully saturated rings. The molecule has 2 rings (SSSR count). The first kappa shape index (κ1) is 15.6. The first-order chi connectivity index (χ1) is 9.41. The van der Waals surface area contributed by atoms with E-state index in [9.17, 15) is 0 Å².